The second-order valence-corrected chi connectivity index (χ2v) is 5.65. The lowest BCUT2D eigenvalue weighted by Gasteiger charge is -2.23. The number of rotatable bonds is 5. The van der Waals surface area contributed by atoms with Gasteiger partial charge in [0.25, 0.3) is 0 Å². The molecular weight excluding hydrogens is 254 g/mol. The lowest BCUT2D eigenvalue weighted by molar-refractivity contribution is -0.135. The number of fused-ring (bicyclic) bond motifs is 1. The maximum absolute atomic E-state index is 11.1. The third kappa shape index (κ3) is 2.60. The number of carbonyl (C=O) groups is 1. The molecule has 1 N–H and O–H groups in total. The van der Waals surface area contributed by atoms with E-state index in [4.69, 9.17) is 5.11 Å². The molecule has 0 bridgehead atoms. The molecule has 5 heteroatoms. The van der Waals surface area contributed by atoms with Crippen LogP contribution in [-0.2, 0) is 17.6 Å². The molecular formula is C15H17N3O2. The molecule has 0 aliphatic heterocycles. The van der Waals surface area contributed by atoms with Crippen molar-refractivity contribution < 1.29 is 9.90 Å². The number of nitrogens with zero attached hydrogens (tertiary/aromatic N) is 3. The molecule has 0 saturated heterocycles. The molecule has 0 aromatic carbocycles. The van der Waals surface area contributed by atoms with Crippen molar-refractivity contribution in [2.45, 2.75) is 32.1 Å². The van der Waals surface area contributed by atoms with Gasteiger partial charge in [0, 0.05) is 12.2 Å². The lowest BCUT2D eigenvalue weighted by atomic mass is 10.1. The molecule has 104 valence electrons. The van der Waals surface area contributed by atoms with Crippen molar-refractivity contribution >= 4 is 11.8 Å². The van der Waals surface area contributed by atoms with Crippen LogP contribution in [0.1, 0.15) is 36.1 Å². The van der Waals surface area contributed by atoms with E-state index in [1.165, 1.54) is 0 Å². The molecule has 5 nitrogen and oxygen atoms in total. The summed E-state index contributed by atoms with van der Waals surface area (Å²) >= 11 is 0. The van der Waals surface area contributed by atoms with E-state index < -0.39 is 5.97 Å². The van der Waals surface area contributed by atoms with E-state index in [0.29, 0.717) is 23.8 Å². The number of nitriles is 1. The number of anilines is 1. The summed E-state index contributed by atoms with van der Waals surface area (Å²) < 4.78 is 0. The van der Waals surface area contributed by atoms with Crippen LogP contribution >= 0.6 is 0 Å². The first kappa shape index (κ1) is 12.9. The Morgan fingerprint density at radius 3 is 2.95 bits per heavy atom. The number of aryl methyl sites for hydroxylation is 2. The average Bonchev–Trinajstić information content (AvgIpc) is 3.11. The van der Waals surface area contributed by atoms with Crippen LogP contribution in [0.5, 0.6) is 0 Å². The van der Waals surface area contributed by atoms with Gasteiger partial charge in [-0.3, -0.25) is 4.79 Å². The highest BCUT2D eigenvalue weighted by Gasteiger charge is 2.28. The van der Waals surface area contributed by atoms with E-state index in [9.17, 15) is 10.1 Å². The van der Waals surface area contributed by atoms with Crippen molar-refractivity contribution in [2.24, 2.45) is 5.92 Å². The zero-order valence-electron chi connectivity index (χ0n) is 11.3. The summed E-state index contributed by atoms with van der Waals surface area (Å²) in [6.45, 7) is 0.601. The van der Waals surface area contributed by atoms with E-state index in [2.05, 4.69) is 11.1 Å². The van der Waals surface area contributed by atoms with Gasteiger partial charge in [0.05, 0.1) is 5.56 Å². The molecule has 2 aliphatic carbocycles. The Morgan fingerprint density at radius 2 is 2.30 bits per heavy atom. The fourth-order valence-corrected chi connectivity index (χ4v) is 2.79. The van der Waals surface area contributed by atoms with Gasteiger partial charge in [0.1, 0.15) is 18.4 Å². The second-order valence-electron chi connectivity index (χ2n) is 5.65. The highest BCUT2D eigenvalue weighted by atomic mass is 16.4. The van der Waals surface area contributed by atoms with Crippen LogP contribution in [0.3, 0.4) is 0 Å². The van der Waals surface area contributed by atoms with Gasteiger partial charge in [-0.15, -0.1) is 0 Å². The Hall–Kier alpha value is -2.09. The Kier molecular flexibility index (Phi) is 3.31. The third-order valence-electron chi connectivity index (χ3n) is 3.95. The Morgan fingerprint density at radius 1 is 1.50 bits per heavy atom. The molecule has 1 fully saturated rings. The Labute approximate surface area is 117 Å². The van der Waals surface area contributed by atoms with Crippen molar-refractivity contribution in [3.8, 4) is 6.07 Å². The van der Waals surface area contributed by atoms with Crippen LogP contribution in [0.15, 0.2) is 6.07 Å². The Bertz CT molecular complexity index is 588. The minimum atomic E-state index is -0.878. The smallest absolute Gasteiger partial charge is 0.323 e. The monoisotopic (exact) mass is 271 g/mol. The number of hydrogen-bond acceptors (Lipinski definition) is 4. The molecule has 0 spiro atoms. The largest absolute Gasteiger partial charge is 0.480 e. The maximum atomic E-state index is 11.1. The summed E-state index contributed by atoms with van der Waals surface area (Å²) in [5.74, 6) is 0.232. The minimum Gasteiger partial charge on any atom is -0.480 e. The van der Waals surface area contributed by atoms with Gasteiger partial charge in [0.15, 0.2) is 0 Å². The molecule has 2 aliphatic rings. The van der Waals surface area contributed by atoms with Crippen molar-refractivity contribution in [1.29, 1.82) is 5.26 Å². The zero-order valence-corrected chi connectivity index (χ0v) is 11.3. The first-order valence-corrected chi connectivity index (χ1v) is 7.07. The topological polar surface area (TPSA) is 77.2 Å². The van der Waals surface area contributed by atoms with E-state index in [0.717, 1.165) is 43.4 Å². The van der Waals surface area contributed by atoms with Crippen molar-refractivity contribution in [3.05, 3.63) is 22.9 Å². The summed E-state index contributed by atoms with van der Waals surface area (Å²) in [7, 11) is 0. The SMILES string of the molecule is N#Cc1cc2c(nc1N(CC(=O)O)CC1CC1)CCC2. The molecule has 1 aromatic heterocycles. The van der Waals surface area contributed by atoms with Gasteiger partial charge in [-0.25, -0.2) is 4.98 Å². The summed E-state index contributed by atoms with van der Waals surface area (Å²) in [4.78, 5) is 17.4. The van der Waals surface area contributed by atoms with E-state index in [1.54, 1.807) is 4.90 Å². The van der Waals surface area contributed by atoms with E-state index >= 15 is 0 Å². The molecule has 1 aromatic rings. The molecule has 0 unspecified atom stereocenters. The fourth-order valence-electron chi connectivity index (χ4n) is 2.79. The molecule has 1 heterocycles. The number of aliphatic carboxylic acids is 1. The molecule has 0 amide bonds. The molecule has 3 rings (SSSR count). The van der Waals surface area contributed by atoms with Gasteiger partial charge in [-0.05, 0) is 49.7 Å². The fraction of sp³-hybridized carbons (Fsp3) is 0.533. The number of aromatic nitrogens is 1. The van der Waals surface area contributed by atoms with Crippen LogP contribution in [0.4, 0.5) is 5.82 Å². The van der Waals surface area contributed by atoms with Crippen molar-refractivity contribution in [3.63, 3.8) is 0 Å². The highest BCUT2D eigenvalue weighted by Crippen LogP contribution is 2.33. The predicted molar refractivity (Wildman–Crippen MR) is 73.5 cm³/mol. The van der Waals surface area contributed by atoms with Crippen LogP contribution < -0.4 is 4.90 Å². The number of carboxylic acids is 1. The number of hydrogen-bond donors (Lipinski definition) is 1. The van der Waals surface area contributed by atoms with Crippen molar-refractivity contribution in [2.75, 3.05) is 18.0 Å². The number of pyridine rings is 1. The van der Waals surface area contributed by atoms with Gasteiger partial charge in [-0.1, -0.05) is 0 Å². The van der Waals surface area contributed by atoms with Crippen LogP contribution in [-0.4, -0.2) is 29.1 Å². The normalized spacial score (nSPS) is 16.6. The quantitative estimate of drug-likeness (QED) is 0.882. The zero-order chi connectivity index (χ0) is 14.1. The summed E-state index contributed by atoms with van der Waals surface area (Å²) in [5, 5.41) is 18.4. The van der Waals surface area contributed by atoms with Crippen LogP contribution in [0.2, 0.25) is 0 Å². The minimum absolute atomic E-state index is 0.0863. The first-order valence-electron chi connectivity index (χ1n) is 7.07. The van der Waals surface area contributed by atoms with Gasteiger partial charge in [-0.2, -0.15) is 5.26 Å². The van der Waals surface area contributed by atoms with Gasteiger partial charge < -0.3 is 10.0 Å². The molecule has 0 radical (unpaired) electrons. The van der Waals surface area contributed by atoms with Gasteiger partial charge in [0.2, 0.25) is 0 Å². The number of carboxylic acid groups (broad SMARTS) is 1. The third-order valence-corrected chi connectivity index (χ3v) is 3.95. The molecule has 1 saturated carbocycles. The lowest BCUT2D eigenvalue weighted by Crippen LogP contribution is -2.33. The second kappa shape index (κ2) is 5.12. The van der Waals surface area contributed by atoms with E-state index in [1.807, 2.05) is 6.07 Å². The average molecular weight is 271 g/mol. The summed E-state index contributed by atoms with van der Waals surface area (Å²) in [6, 6.07) is 4.07. The Balaban J connectivity index is 1.95. The van der Waals surface area contributed by atoms with E-state index in [-0.39, 0.29) is 6.54 Å². The summed E-state index contributed by atoms with van der Waals surface area (Å²) in [5.41, 5.74) is 2.68. The van der Waals surface area contributed by atoms with Crippen molar-refractivity contribution in [1.82, 2.24) is 4.98 Å². The van der Waals surface area contributed by atoms with Crippen LogP contribution in [0.25, 0.3) is 0 Å². The van der Waals surface area contributed by atoms with Crippen LogP contribution in [0, 0.1) is 17.2 Å². The first-order chi connectivity index (χ1) is 9.67. The molecule has 0 atom stereocenters. The predicted octanol–water partition coefficient (Wildman–Crippen LogP) is 1.74. The van der Waals surface area contributed by atoms with Gasteiger partial charge >= 0.3 is 5.97 Å². The highest BCUT2D eigenvalue weighted by molar-refractivity contribution is 5.74. The summed E-state index contributed by atoms with van der Waals surface area (Å²) in [6.07, 6.45) is 5.25. The maximum Gasteiger partial charge on any atom is 0.323 e. The molecule has 20 heavy (non-hydrogen) atoms. The standard InChI is InChI=1S/C15H17N3O2/c16-7-12-6-11-2-1-3-13(11)17-15(12)18(9-14(19)20)8-10-4-5-10/h6,10H,1-5,8-9H2,(H,19,20).